The minimum atomic E-state index is -4.37. The Hall–Kier alpha value is -2.46. The Morgan fingerprint density at radius 2 is 1.95 bits per heavy atom. The van der Waals surface area contributed by atoms with Gasteiger partial charge in [0.1, 0.15) is 6.20 Å². The second-order valence-corrected chi connectivity index (χ2v) is 6.48. The molecule has 116 valence electrons. The number of benzene rings is 1. The summed E-state index contributed by atoms with van der Waals surface area (Å²) in [5, 5.41) is 13.6. The van der Waals surface area contributed by atoms with Crippen molar-refractivity contribution in [2.75, 3.05) is 7.11 Å². The number of ether oxygens (including phenoxy) is 1. The van der Waals surface area contributed by atoms with Crippen LogP contribution in [0.5, 0.6) is 0 Å². The fourth-order valence-electron chi connectivity index (χ4n) is 1.65. The molecule has 2 rings (SSSR count). The number of hydrogen-bond acceptors (Lipinski definition) is 7. The molecular formula is C11H8ClN3O6S. The molecule has 0 spiro atoms. The number of carbonyl (C=O) groups excluding carboxylic acids is 1. The second-order valence-electron chi connectivity index (χ2n) is 4.00. The van der Waals surface area contributed by atoms with Crippen LogP contribution in [0.4, 0.5) is 5.69 Å². The second kappa shape index (κ2) is 5.73. The van der Waals surface area contributed by atoms with Crippen LogP contribution < -0.4 is 0 Å². The number of carbonyl (C=O) groups is 1. The predicted octanol–water partition coefficient (Wildman–Crippen LogP) is 1.49. The molecule has 0 aliphatic carbocycles. The fourth-order valence-corrected chi connectivity index (χ4v) is 2.54. The fraction of sp³-hybridized carbons (Fsp3) is 0.0909. The van der Waals surface area contributed by atoms with Gasteiger partial charge in [0.2, 0.25) is 0 Å². The van der Waals surface area contributed by atoms with Crippen LogP contribution in [0.3, 0.4) is 0 Å². The smallest absolute Gasteiger partial charge is 0.337 e. The molecule has 2 aromatic rings. The van der Waals surface area contributed by atoms with Gasteiger partial charge in [-0.3, -0.25) is 10.1 Å². The summed E-state index contributed by atoms with van der Waals surface area (Å²) in [6.45, 7) is 0. The average molecular weight is 346 g/mol. The average Bonchev–Trinajstić information content (AvgIpc) is 2.92. The zero-order valence-electron chi connectivity index (χ0n) is 11.0. The maximum Gasteiger partial charge on any atom is 0.337 e. The summed E-state index contributed by atoms with van der Waals surface area (Å²) in [5.74, 6) is -0.554. The van der Waals surface area contributed by atoms with Crippen molar-refractivity contribution >= 4 is 31.4 Å². The first-order valence-corrected chi connectivity index (χ1v) is 7.92. The molecule has 0 bridgehead atoms. The summed E-state index contributed by atoms with van der Waals surface area (Å²) < 4.78 is 28.1. The molecule has 1 heterocycles. The van der Waals surface area contributed by atoms with Crippen molar-refractivity contribution < 1.29 is 22.9 Å². The molecule has 11 heteroatoms. The van der Waals surface area contributed by atoms with Gasteiger partial charge >= 0.3 is 11.7 Å². The van der Waals surface area contributed by atoms with Gasteiger partial charge in [0, 0.05) is 10.7 Å². The number of nitro groups is 1. The minimum absolute atomic E-state index is 0.262. The highest BCUT2D eigenvalue weighted by atomic mass is 35.7. The SMILES string of the molecule is COC(=O)c1ccc(-n2cc([N+](=O)[O-])c(S(=O)(=O)Cl)n2)cc1. The number of esters is 1. The van der Waals surface area contributed by atoms with Crippen molar-refractivity contribution in [2.24, 2.45) is 0 Å². The Morgan fingerprint density at radius 3 is 2.36 bits per heavy atom. The molecule has 1 aromatic carbocycles. The van der Waals surface area contributed by atoms with E-state index in [1.54, 1.807) is 0 Å². The minimum Gasteiger partial charge on any atom is -0.465 e. The maximum absolute atomic E-state index is 11.3. The molecule has 0 amide bonds. The van der Waals surface area contributed by atoms with Crippen LogP contribution >= 0.6 is 10.7 Å². The van der Waals surface area contributed by atoms with Crippen molar-refractivity contribution in [3.63, 3.8) is 0 Å². The maximum atomic E-state index is 11.3. The molecule has 0 unspecified atom stereocenters. The first-order chi connectivity index (χ1) is 10.2. The Kier molecular flexibility index (Phi) is 4.15. The molecule has 0 fully saturated rings. The monoisotopic (exact) mass is 345 g/mol. The quantitative estimate of drug-likeness (QED) is 0.356. The molecule has 0 atom stereocenters. The molecule has 0 saturated carbocycles. The van der Waals surface area contributed by atoms with E-state index in [1.807, 2.05) is 0 Å². The summed E-state index contributed by atoms with van der Waals surface area (Å²) >= 11 is 0. The van der Waals surface area contributed by atoms with Gasteiger partial charge in [0.15, 0.2) is 0 Å². The van der Waals surface area contributed by atoms with Crippen molar-refractivity contribution in [3.8, 4) is 5.69 Å². The van der Waals surface area contributed by atoms with Gasteiger partial charge < -0.3 is 4.74 Å². The van der Waals surface area contributed by atoms with Gasteiger partial charge in [-0.05, 0) is 24.3 Å². The van der Waals surface area contributed by atoms with E-state index in [9.17, 15) is 23.3 Å². The normalized spacial score (nSPS) is 11.2. The van der Waals surface area contributed by atoms with Gasteiger partial charge in [0.05, 0.1) is 23.3 Å². The number of rotatable bonds is 4. The summed E-state index contributed by atoms with van der Waals surface area (Å²) in [5.41, 5.74) is -0.174. The number of nitrogens with zero attached hydrogens (tertiary/aromatic N) is 3. The lowest BCUT2D eigenvalue weighted by Gasteiger charge is -2.02. The third kappa shape index (κ3) is 3.07. The van der Waals surface area contributed by atoms with Crippen molar-refractivity contribution in [2.45, 2.75) is 5.03 Å². The molecule has 0 N–H and O–H groups in total. The van der Waals surface area contributed by atoms with Gasteiger partial charge in [-0.1, -0.05) is 0 Å². The number of hydrogen-bond donors (Lipinski definition) is 0. The van der Waals surface area contributed by atoms with Crippen LogP contribution in [0.1, 0.15) is 10.4 Å². The van der Waals surface area contributed by atoms with E-state index >= 15 is 0 Å². The van der Waals surface area contributed by atoms with Crippen LogP contribution in [0.15, 0.2) is 35.5 Å². The summed E-state index contributed by atoms with van der Waals surface area (Å²) in [6, 6.07) is 5.66. The van der Waals surface area contributed by atoms with Crippen LogP contribution in [-0.2, 0) is 13.8 Å². The zero-order valence-corrected chi connectivity index (χ0v) is 12.5. The van der Waals surface area contributed by atoms with E-state index in [2.05, 4.69) is 9.84 Å². The first-order valence-electron chi connectivity index (χ1n) is 5.61. The van der Waals surface area contributed by atoms with Crippen LogP contribution in [-0.4, -0.2) is 36.2 Å². The van der Waals surface area contributed by atoms with Crippen LogP contribution in [0, 0.1) is 10.1 Å². The van der Waals surface area contributed by atoms with Crippen molar-refractivity contribution in [3.05, 3.63) is 46.1 Å². The Balaban J connectivity index is 2.50. The van der Waals surface area contributed by atoms with E-state index in [0.717, 1.165) is 10.9 Å². The third-order valence-electron chi connectivity index (χ3n) is 2.64. The first kappa shape index (κ1) is 15.9. The highest BCUT2D eigenvalue weighted by molar-refractivity contribution is 8.13. The summed E-state index contributed by atoms with van der Waals surface area (Å²) in [6.07, 6.45) is 0.919. The Labute approximate surface area is 128 Å². The lowest BCUT2D eigenvalue weighted by atomic mass is 10.2. The van der Waals surface area contributed by atoms with E-state index in [1.165, 1.54) is 31.4 Å². The molecule has 0 saturated heterocycles. The van der Waals surface area contributed by atoms with E-state index in [4.69, 9.17) is 10.7 Å². The topological polar surface area (TPSA) is 121 Å². The zero-order chi connectivity index (χ0) is 16.5. The van der Waals surface area contributed by atoms with Gasteiger partial charge in [-0.2, -0.15) is 0 Å². The highest BCUT2D eigenvalue weighted by Gasteiger charge is 2.29. The van der Waals surface area contributed by atoms with Gasteiger partial charge in [0.25, 0.3) is 14.1 Å². The number of methoxy groups -OCH3 is 1. The lowest BCUT2D eigenvalue weighted by molar-refractivity contribution is -0.387. The van der Waals surface area contributed by atoms with Crippen LogP contribution in [0.2, 0.25) is 0 Å². The van der Waals surface area contributed by atoms with Crippen molar-refractivity contribution in [1.82, 2.24) is 9.78 Å². The standard InChI is InChI=1S/C11H8ClN3O6S/c1-21-11(16)7-2-4-8(5-3-7)14-6-9(15(17)18)10(13-14)22(12,19)20/h2-6H,1H3. The van der Waals surface area contributed by atoms with Crippen molar-refractivity contribution in [1.29, 1.82) is 0 Å². The third-order valence-corrected chi connectivity index (χ3v) is 3.83. The van der Waals surface area contributed by atoms with Gasteiger partial charge in [-0.15, -0.1) is 5.10 Å². The van der Waals surface area contributed by atoms with Crippen LogP contribution in [0.25, 0.3) is 5.69 Å². The number of halogens is 1. The molecule has 0 aliphatic rings. The molecule has 0 aliphatic heterocycles. The van der Waals surface area contributed by atoms with Gasteiger partial charge in [-0.25, -0.2) is 17.9 Å². The molecule has 22 heavy (non-hydrogen) atoms. The van der Waals surface area contributed by atoms with E-state index in [0.29, 0.717) is 5.69 Å². The van der Waals surface area contributed by atoms with E-state index < -0.39 is 30.7 Å². The molecular weight excluding hydrogens is 338 g/mol. The summed E-state index contributed by atoms with van der Waals surface area (Å²) in [7, 11) is 1.99. The van der Waals surface area contributed by atoms with E-state index in [-0.39, 0.29) is 5.56 Å². The molecule has 0 radical (unpaired) electrons. The largest absolute Gasteiger partial charge is 0.465 e. The lowest BCUT2D eigenvalue weighted by Crippen LogP contribution is -2.02. The molecule has 1 aromatic heterocycles. The predicted molar refractivity (Wildman–Crippen MR) is 74.6 cm³/mol. The number of aromatic nitrogens is 2. The highest BCUT2D eigenvalue weighted by Crippen LogP contribution is 2.26. The Morgan fingerprint density at radius 1 is 1.36 bits per heavy atom. The Bertz CT molecular complexity index is 843. The molecule has 9 nitrogen and oxygen atoms in total. The summed E-state index contributed by atoms with van der Waals surface area (Å²) in [4.78, 5) is 21.3.